The maximum Gasteiger partial charge on any atom is 0.416 e. The molecule has 1 aliphatic rings. The van der Waals surface area contributed by atoms with Crippen LogP contribution in [0, 0.1) is 0 Å². The molecule has 2 heterocycles. The van der Waals surface area contributed by atoms with Gasteiger partial charge in [-0.3, -0.25) is 14.2 Å². The number of amides is 1. The van der Waals surface area contributed by atoms with E-state index < -0.39 is 22.7 Å². The van der Waals surface area contributed by atoms with Crippen LogP contribution in [-0.4, -0.2) is 39.7 Å². The van der Waals surface area contributed by atoms with Crippen LogP contribution in [-0.2, 0) is 17.5 Å². The Kier molecular flexibility index (Phi) is 4.39. The minimum Gasteiger partial charge on any atom is -0.393 e. The third-order valence-corrected chi connectivity index (χ3v) is 5.07. The van der Waals surface area contributed by atoms with Crippen molar-refractivity contribution in [2.75, 3.05) is 13.1 Å². The number of alkyl halides is 3. The summed E-state index contributed by atoms with van der Waals surface area (Å²) in [6.45, 7) is 0.464. The van der Waals surface area contributed by atoms with Crippen molar-refractivity contribution in [3.63, 3.8) is 0 Å². The van der Waals surface area contributed by atoms with E-state index in [9.17, 15) is 27.9 Å². The third-order valence-electron chi connectivity index (χ3n) is 4.11. The van der Waals surface area contributed by atoms with Gasteiger partial charge in [0.15, 0.2) is 0 Å². The summed E-state index contributed by atoms with van der Waals surface area (Å²) >= 11 is 0.816. The molecule has 1 N–H and O–H groups in total. The molecule has 24 heavy (non-hydrogen) atoms. The summed E-state index contributed by atoms with van der Waals surface area (Å²) in [7, 11) is 0. The lowest BCUT2D eigenvalue weighted by molar-refractivity contribution is -0.137. The average molecular weight is 360 g/mol. The molecule has 1 amide bonds. The summed E-state index contributed by atoms with van der Waals surface area (Å²) in [5, 5.41) is 9.46. The molecule has 1 aromatic heterocycles. The predicted octanol–water partition coefficient (Wildman–Crippen LogP) is 2.07. The van der Waals surface area contributed by atoms with Gasteiger partial charge < -0.3 is 10.0 Å². The third kappa shape index (κ3) is 3.32. The molecule has 0 saturated carbocycles. The summed E-state index contributed by atoms with van der Waals surface area (Å²) in [5.41, 5.74) is -0.736. The van der Waals surface area contributed by atoms with Crippen LogP contribution < -0.4 is 4.87 Å². The zero-order valence-corrected chi connectivity index (χ0v) is 13.4. The van der Waals surface area contributed by atoms with E-state index in [1.165, 1.54) is 11.0 Å². The molecule has 0 bridgehead atoms. The smallest absolute Gasteiger partial charge is 0.393 e. The molecular weight excluding hydrogens is 345 g/mol. The van der Waals surface area contributed by atoms with E-state index in [2.05, 4.69) is 0 Å². The Morgan fingerprint density at radius 3 is 2.58 bits per heavy atom. The number of piperidine rings is 1. The van der Waals surface area contributed by atoms with Gasteiger partial charge in [0.05, 0.1) is 21.9 Å². The van der Waals surface area contributed by atoms with Gasteiger partial charge in [0.1, 0.15) is 6.54 Å². The number of thiazole rings is 1. The molecule has 2 aromatic rings. The summed E-state index contributed by atoms with van der Waals surface area (Å²) in [5.74, 6) is -0.332. The van der Waals surface area contributed by atoms with Crippen molar-refractivity contribution in [3.8, 4) is 0 Å². The minimum atomic E-state index is -4.51. The lowest BCUT2D eigenvalue weighted by Crippen LogP contribution is -2.42. The molecule has 0 radical (unpaired) electrons. The molecule has 0 atom stereocenters. The number of benzene rings is 1. The lowest BCUT2D eigenvalue weighted by Gasteiger charge is -2.29. The first-order valence-corrected chi connectivity index (χ1v) is 8.24. The van der Waals surface area contributed by atoms with E-state index in [0.717, 1.165) is 28.0 Å². The van der Waals surface area contributed by atoms with Gasteiger partial charge in [0.25, 0.3) is 0 Å². The highest BCUT2D eigenvalue weighted by Gasteiger charge is 2.31. The fourth-order valence-corrected chi connectivity index (χ4v) is 3.61. The summed E-state index contributed by atoms with van der Waals surface area (Å²) < 4.78 is 40.1. The van der Waals surface area contributed by atoms with Gasteiger partial charge in [-0.2, -0.15) is 13.2 Å². The summed E-state index contributed by atoms with van der Waals surface area (Å²) in [4.78, 5) is 25.4. The Labute approximate surface area is 138 Å². The molecule has 0 spiro atoms. The predicted molar refractivity (Wildman–Crippen MR) is 82.9 cm³/mol. The van der Waals surface area contributed by atoms with Gasteiger partial charge in [-0.05, 0) is 31.0 Å². The maximum absolute atomic E-state index is 12.9. The molecule has 130 valence electrons. The first kappa shape index (κ1) is 17.0. The van der Waals surface area contributed by atoms with Crippen molar-refractivity contribution >= 4 is 27.5 Å². The number of carbonyl (C=O) groups is 1. The van der Waals surface area contributed by atoms with Crippen LogP contribution in [0.5, 0.6) is 0 Å². The Bertz CT molecular complexity index is 819. The maximum atomic E-state index is 12.9. The summed E-state index contributed by atoms with van der Waals surface area (Å²) in [6.07, 6.45) is -4.02. The first-order valence-electron chi connectivity index (χ1n) is 7.42. The number of hydrogen-bond donors (Lipinski definition) is 1. The highest BCUT2D eigenvalue weighted by Crippen LogP contribution is 2.32. The SMILES string of the molecule is O=C(Cn1c(=O)sc2ccc(C(F)(F)F)cc21)N1CCC(O)CC1. The van der Waals surface area contributed by atoms with Gasteiger partial charge in [0.2, 0.25) is 5.91 Å². The molecule has 1 saturated heterocycles. The zero-order chi connectivity index (χ0) is 17.5. The molecule has 1 aromatic carbocycles. The number of carbonyl (C=O) groups excluding carboxylic acids is 1. The van der Waals surface area contributed by atoms with Crippen molar-refractivity contribution < 1.29 is 23.1 Å². The van der Waals surface area contributed by atoms with E-state index in [0.29, 0.717) is 30.6 Å². The van der Waals surface area contributed by atoms with Gasteiger partial charge in [-0.1, -0.05) is 11.3 Å². The highest BCUT2D eigenvalue weighted by atomic mass is 32.1. The standard InChI is InChI=1S/C15H15F3N2O3S/c16-15(17,18)9-1-2-12-11(7-9)20(14(23)24-12)8-13(22)19-5-3-10(21)4-6-19/h1-2,7,10,21H,3-6,8H2. The second kappa shape index (κ2) is 6.21. The number of nitrogens with zero attached hydrogens (tertiary/aromatic N) is 2. The van der Waals surface area contributed by atoms with Crippen molar-refractivity contribution in [2.45, 2.75) is 31.7 Å². The molecule has 0 aliphatic carbocycles. The van der Waals surface area contributed by atoms with Gasteiger partial charge >= 0.3 is 11.0 Å². The van der Waals surface area contributed by atoms with Gasteiger partial charge in [-0.25, -0.2) is 0 Å². The Morgan fingerprint density at radius 1 is 1.29 bits per heavy atom. The Hall–Kier alpha value is -1.87. The van der Waals surface area contributed by atoms with Gasteiger partial charge in [0, 0.05) is 13.1 Å². The van der Waals surface area contributed by atoms with Crippen molar-refractivity contribution in [1.82, 2.24) is 9.47 Å². The number of aliphatic hydroxyl groups excluding tert-OH is 1. The van der Waals surface area contributed by atoms with Crippen LogP contribution in [0.4, 0.5) is 13.2 Å². The largest absolute Gasteiger partial charge is 0.416 e. The second-order valence-electron chi connectivity index (χ2n) is 5.75. The summed E-state index contributed by atoms with van der Waals surface area (Å²) in [6, 6.07) is 3.08. The highest BCUT2D eigenvalue weighted by molar-refractivity contribution is 7.16. The average Bonchev–Trinajstić information content (AvgIpc) is 2.82. The molecule has 1 fully saturated rings. The van der Waals surface area contributed by atoms with E-state index in [4.69, 9.17) is 0 Å². The fraction of sp³-hybridized carbons (Fsp3) is 0.467. The first-order chi connectivity index (χ1) is 11.3. The normalized spacial score (nSPS) is 16.8. The zero-order valence-electron chi connectivity index (χ0n) is 12.5. The number of hydrogen-bond acceptors (Lipinski definition) is 4. The number of aliphatic hydroxyl groups is 1. The van der Waals surface area contributed by atoms with Crippen molar-refractivity contribution in [1.29, 1.82) is 0 Å². The number of likely N-dealkylation sites (tertiary alicyclic amines) is 1. The van der Waals surface area contributed by atoms with E-state index in [1.54, 1.807) is 0 Å². The second-order valence-corrected chi connectivity index (χ2v) is 6.74. The van der Waals surface area contributed by atoms with E-state index >= 15 is 0 Å². The molecule has 1 aliphatic heterocycles. The van der Waals surface area contributed by atoms with Crippen LogP contribution in [0.2, 0.25) is 0 Å². The van der Waals surface area contributed by atoms with Crippen molar-refractivity contribution in [3.05, 3.63) is 33.4 Å². The lowest BCUT2D eigenvalue weighted by atomic mass is 10.1. The van der Waals surface area contributed by atoms with Crippen LogP contribution in [0.15, 0.2) is 23.0 Å². The van der Waals surface area contributed by atoms with E-state index in [1.807, 2.05) is 0 Å². The fourth-order valence-electron chi connectivity index (χ4n) is 2.74. The number of rotatable bonds is 2. The Morgan fingerprint density at radius 2 is 1.96 bits per heavy atom. The molecule has 9 heteroatoms. The molecule has 0 unspecified atom stereocenters. The minimum absolute atomic E-state index is 0.116. The number of halogens is 3. The van der Waals surface area contributed by atoms with Crippen LogP contribution >= 0.6 is 11.3 Å². The topological polar surface area (TPSA) is 62.5 Å². The van der Waals surface area contributed by atoms with Crippen molar-refractivity contribution in [2.24, 2.45) is 0 Å². The number of aromatic nitrogens is 1. The van der Waals surface area contributed by atoms with Gasteiger partial charge in [-0.15, -0.1) is 0 Å². The van der Waals surface area contributed by atoms with E-state index in [-0.39, 0.29) is 18.0 Å². The Balaban J connectivity index is 1.89. The number of fused-ring (bicyclic) bond motifs is 1. The van der Waals surface area contributed by atoms with Crippen LogP contribution in [0.1, 0.15) is 18.4 Å². The monoisotopic (exact) mass is 360 g/mol. The van der Waals surface area contributed by atoms with Crippen LogP contribution in [0.3, 0.4) is 0 Å². The quantitative estimate of drug-likeness (QED) is 0.892. The molecular formula is C15H15F3N2O3S. The van der Waals surface area contributed by atoms with Crippen LogP contribution in [0.25, 0.3) is 10.2 Å². The molecule has 5 nitrogen and oxygen atoms in total. The molecule has 3 rings (SSSR count).